The summed E-state index contributed by atoms with van der Waals surface area (Å²) in [4.78, 5) is 11.6. The van der Waals surface area contributed by atoms with Crippen LogP contribution in [0.5, 0.6) is 0 Å². The number of fused-ring (bicyclic) bond motifs is 1. The van der Waals surface area contributed by atoms with Crippen LogP contribution in [0, 0.1) is 17.3 Å². The van der Waals surface area contributed by atoms with E-state index in [4.69, 9.17) is 9.15 Å². The van der Waals surface area contributed by atoms with Crippen LogP contribution >= 0.6 is 0 Å². The van der Waals surface area contributed by atoms with Crippen LogP contribution in [0.3, 0.4) is 0 Å². The molecule has 138 valence electrons. The molecular formula is C21H30O4. The van der Waals surface area contributed by atoms with Gasteiger partial charge in [0.15, 0.2) is 0 Å². The highest BCUT2D eigenvalue weighted by Crippen LogP contribution is 2.57. The van der Waals surface area contributed by atoms with Crippen molar-refractivity contribution in [2.24, 2.45) is 17.3 Å². The molecule has 1 N–H and O–H groups in total. The molecule has 25 heavy (non-hydrogen) atoms. The van der Waals surface area contributed by atoms with Gasteiger partial charge in [0.25, 0.3) is 0 Å². The van der Waals surface area contributed by atoms with Crippen molar-refractivity contribution in [2.75, 3.05) is 7.11 Å². The average molecular weight is 346 g/mol. The molecule has 0 radical (unpaired) electrons. The minimum Gasteiger partial charge on any atom is -0.478 e. The minimum absolute atomic E-state index is 0.132. The van der Waals surface area contributed by atoms with E-state index in [1.165, 1.54) is 5.56 Å². The van der Waals surface area contributed by atoms with Gasteiger partial charge in [-0.2, -0.15) is 0 Å². The summed E-state index contributed by atoms with van der Waals surface area (Å²) in [5, 5.41) is 9.54. The molecule has 0 bridgehead atoms. The predicted octanol–water partition coefficient (Wildman–Crippen LogP) is 4.84. The smallest absolute Gasteiger partial charge is 0.331 e. The standard InChI is InChI=1S/C21H30O4/c1-15-7-11-21(24-3)13-17(19(22)23)5-4-6-18(21)20(15,2)10-8-16-9-12-25-14-16/h5,9,12,14-15,18H,4,6-8,10-11,13H2,1-3H3,(H,22,23)/t15-,18-,20-,21-/m1/s1. The molecule has 1 saturated carbocycles. The highest BCUT2D eigenvalue weighted by atomic mass is 16.5. The van der Waals surface area contributed by atoms with Crippen LogP contribution in [0.2, 0.25) is 0 Å². The molecule has 2 aliphatic rings. The Balaban J connectivity index is 1.89. The number of methoxy groups -OCH3 is 1. The van der Waals surface area contributed by atoms with Crippen molar-refractivity contribution < 1.29 is 19.1 Å². The first-order chi connectivity index (χ1) is 11.9. The zero-order chi connectivity index (χ0) is 18.1. The summed E-state index contributed by atoms with van der Waals surface area (Å²) < 4.78 is 11.3. The van der Waals surface area contributed by atoms with E-state index in [1.54, 1.807) is 13.4 Å². The lowest BCUT2D eigenvalue weighted by Crippen LogP contribution is -2.54. The Labute approximate surface area is 150 Å². The van der Waals surface area contributed by atoms with E-state index in [2.05, 4.69) is 13.8 Å². The fourth-order valence-corrected chi connectivity index (χ4v) is 5.28. The molecule has 4 nitrogen and oxygen atoms in total. The molecule has 0 amide bonds. The maximum absolute atomic E-state index is 11.6. The van der Waals surface area contributed by atoms with Crippen molar-refractivity contribution in [1.29, 1.82) is 0 Å². The topological polar surface area (TPSA) is 59.7 Å². The molecule has 1 aromatic rings. The fourth-order valence-electron chi connectivity index (χ4n) is 5.28. The number of aryl methyl sites for hydroxylation is 1. The monoisotopic (exact) mass is 346 g/mol. The van der Waals surface area contributed by atoms with Crippen LogP contribution in [0.25, 0.3) is 0 Å². The first kappa shape index (κ1) is 18.2. The quantitative estimate of drug-likeness (QED) is 0.828. The van der Waals surface area contributed by atoms with Gasteiger partial charge in [-0.1, -0.05) is 19.9 Å². The molecule has 0 unspecified atom stereocenters. The number of rotatable bonds is 5. The van der Waals surface area contributed by atoms with Crippen LogP contribution in [0.4, 0.5) is 0 Å². The molecule has 0 aromatic carbocycles. The van der Waals surface area contributed by atoms with Gasteiger partial charge >= 0.3 is 5.97 Å². The van der Waals surface area contributed by atoms with Crippen LogP contribution < -0.4 is 0 Å². The largest absolute Gasteiger partial charge is 0.478 e. The summed E-state index contributed by atoms with van der Waals surface area (Å²) in [5.41, 5.74) is 1.54. The number of furan rings is 1. The SMILES string of the molecule is CO[C@@]12CC[C@@H](C)[C@@](C)(CCc3ccoc3)[C@H]1CCC=C(C(=O)O)C2. The third kappa shape index (κ3) is 3.29. The summed E-state index contributed by atoms with van der Waals surface area (Å²) in [6, 6.07) is 2.04. The van der Waals surface area contributed by atoms with Crippen LogP contribution in [-0.2, 0) is 16.0 Å². The van der Waals surface area contributed by atoms with Crippen molar-refractivity contribution in [3.63, 3.8) is 0 Å². The Kier molecular flexibility index (Phi) is 5.10. The summed E-state index contributed by atoms with van der Waals surface area (Å²) in [6.07, 6.45) is 11.9. The molecule has 4 atom stereocenters. The Morgan fingerprint density at radius 2 is 2.24 bits per heavy atom. The number of hydrogen-bond acceptors (Lipinski definition) is 3. The molecule has 3 rings (SSSR count). The Bertz CT molecular complexity index is 632. The van der Waals surface area contributed by atoms with Crippen LogP contribution in [-0.4, -0.2) is 23.8 Å². The Morgan fingerprint density at radius 1 is 1.44 bits per heavy atom. The lowest BCUT2D eigenvalue weighted by Gasteiger charge is -2.56. The van der Waals surface area contributed by atoms with E-state index in [1.807, 2.05) is 18.4 Å². The van der Waals surface area contributed by atoms with E-state index >= 15 is 0 Å². The minimum atomic E-state index is -0.796. The molecule has 1 fully saturated rings. The second-order valence-electron chi connectivity index (χ2n) is 8.19. The third-order valence-corrected chi connectivity index (χ3v) is 7.11. The second kappa shape index (κ2) is 6.99. The van der Waals surface area contributed by atoms with Gasteiger partial charge in [-0.05, 0) is 67.4 Å². The van der Waals surface area contributed by atoms with Gasteiger partial charge in [-0.25, -0.2) is 4.79 Å². The number of ether oxygens (including phenoxy) is 1. The van der Waals surface area contributed by atoms with Crippen molar-refractivity contribution in [2.45, 2.75) is 64.4 Å². The average Bonchev–Trinajstić information content (AvgIpc) is 3.03. The van der Waals surface area contributed by atoms with Gasteiger partial charge in [-0.3, -0.25) is 0 Å². The van der Waals surface area contributed by atoms with E-state index in [-0.39, 0.29) is 11.0 Å². The Morgan fingerprint density at radius 3 is 2.88 bits per heavy atom. The van der Waals surface area contributed by atoms with Crippen molar-refractivity contribution >= 4 is 5.97 Å². The molecular weight excluding hydrogens is 316 g/mol. The number of carboxylic acid groups (broad SMARTS) is 1. The second-order valence-corrected chi connectivity index (χ2v) is 8.19. The molecule has 2 aliphatic carbocycles. The van der Waals surface area contributed by atoms with E-state index in [9.17, 15) is 9.90 Å². The zero-order valence-electron chi connectivity index (χ0n) is 15.6. The summed E-state index contributed by atoms with van der Waals surface area (Å²) in [5.74, 6) is 0.170. The van der Waals surface area contributed by atoms with Crippen molar-refractivity contribution in [3.8, 4) is 0 Å². The van der Waals surface area contributed by atoms with Crippen molar-refractivity contribution in [3.05, 3.63) is 35.8 Å². The van der Waals surface area contributed by atoms with E-state index in [0.717, 1.165) is 38.5 Å². The van der Waals surface area contributed by atoms with E-state index < -0.39 is 5.97 Å². The number of allylic oxidation sites excluding steroid dienone is 1. The van der Waals surface area contributed by atoms with Crippen LogP contribution in [0.15, 0.2) is 34.7 Å². The summed E-state index contributed by atoms with van der Waals surface area (Å²) >= 11 is 0. The number of aliphatic carboxylic acids is 1. The molecule has 0 saturated heterocycles. The van der Waals surface area contributed by atoms with Gasteiger partial charge in [0.05, 0.1) is 18.1 Å². The maximum atomic E-state index is 11.6. The summed E-state index contributed by atoms with van der Waals surface area (Å²) in [6.45, 7) is 4.74. The first-order valence-electron chi connectivity index (χ1n) is 9.40. The molecule has 0 aliphatic heterocycles. The molecule has 0 spiro atoms. The number of hydrogen-bond donors (Lipinski definition) is 1. The van der Waals surface area contributed by atoms with Crippen molar-refractivity contribution in [1.82, 2.24) is 0 Å². The fraction of sp³-hybridized carbons (Fsp3) is 0.667. The van der Waals surface area contributed by atoms with Gasteiger partial charge in [0.1, 0.15) is 0 Å². The lowest BCUT2D eigenvalue weighted by molar-refractivity contribution is -0.156. The van der Waals surface area contributed by atoms with Gasteiger partial charge in [0, 0.05) is 19.1 Å². The highest BCUT2D eigenvalue weighted by Gasteiger charge is 2.55. The Hall–Kier alpha value is -1.55. The van der Waals surface area contributed by atoms with Crippen LogP contribution in [0.1, 0.15) is 57.9 Å². The van der Waals surface area contributed by atoms with E-state index in [0.29, 0.717) is 23.8 Å². The number of carboxylic acids is 1. The first-order valence-corrected chi connectivity index (χ1v) is 9.40. The predicted molar refractivity (Wildman–Crippen MR) is 96.3 cm³/mol. The molecule has 1 aromatic heterocycles. The van der Waals surface area contributed by atoms with Gasteiger partial charge < -0.3 is 14.3 Å². The molecule has 1 heterocycles. The lowest BCUT2D eigenvalue weighted by atomic mass is 9.52. The maximum Gasteiger partial charge on any atom is 0.331 e. The highest BCUT2D eigenvalue weighted by molar-refractivity contribution is 5.86. The van der Waals surface area contributed by atoms with Gasteiger partial charge in [0.2, 0.25) is 0 Å². The third-order valence-electron chi connectivity index (χ3n) is 7.11. The zero-order valence-corrected chi connectivity index (χ0v) is 15.6. The normalized spacial score (nSPS) is 35.6. The summed E-state index contributed by atoms with van der Waals surface area (Å²) in [7, 11) is 1.77. The van der Waals surface area contributed by atoms with Gasteiger partial charge in [-0.15, -0.1) is 0 Å². The number of carbonyl (C=O) groups is 1. The molecule has 4 heteroatoms.